The van der Waals surface area contributed by atoms with Crippen LogP contribution in [0.25, 0.3) is 6.08 Å². The minimum Gasteiger partial charge on any atom is -0.496 e. The van der Waals surface area contributed by atoms with E-state index in [-0.39, 0.29) is 17.8 Å². The third kappa shape index (κ3) is 4.58. The summed E-state index contributed by atoms with van der Waals surface area (Å²) in [5.74, 6) is 0.204. The van der Waals surface area contributed by atoms with Gasteiger partial charge in [-0.3, -0.25) is 9.59 Å². The monoisotopic (exact) mass is 317 g/mol. The molecule has 1 saturated heterocycles. The second-order valence-corrected chi connectivity index (χ2v) is 5.45. The zero-order valence-corrected chi connectivity index (χ0v) is 13.7. The Kier molecular flexibility index (Phi) is 6.20. The van der Waals surface area contributed by atoms with Crippen LogP contribution in [0.4, 0.5) is 0 Å². The summed E-state index contributed by atoms with van der Waals surface area (Å²) in [6.07, 6.45) is 4.87. The smallest absolute Gasteiger partial charge is 0.310 e. The van der Waals surface area contributed by atoms with Crippen LogP contribution >= 0.6 is 0 Å². The molecule has 1 amide bonds. The first kappa shape index (κ1) is 17.1. The molecule has 0 spiro atoms. The first-order valence-electron chi connectivity index (χ1n) is 7.92. The predicted octanol–water partition coefficient (Wildman–Crippen LogP) is 2.51. The molecule has 0 aromatic heterocycles. The van der Waals surface area contributed by atoms with Gasteiger partial charge in [-0.2, -0.15) is 0 Å². The average Bonchev–Trinajstić information content (AvgIpc) is 2.60. The number of rotatable bonds is 5. The predicted molar refractivity (Wildman–Crippen MR) is 88.0 cm³/mol. The van der Waals surface area contributed by atoms with Crippen LogP contribution in [0, 0.1) is 5.92 Å². The number of nitrogens with zero attached hydrogens (tertiary/aromatic N) is 1. The SMILES string of the molecule is CCOC(=O)C1CCCN(C(=O)C=Cc2ccccc2OC)C1. The molecule has 1 heterocycles. The van der Waals surface area contributed by atoms with Crippen molar-refractivity contribution in [2.24, 2.45) is 5.92 Å². The lowest BCUT2D eigenvalue weighted by Crippen LogP contribution is -2.42. The van der Waals surface area contributed by atoms with Crippen LogP contribution in [0.2, 0.25) is 0 Å². The fourth-order valence-electron chi connectivity index (χ4n) is 2.70. The molecule has 5 nitrogen and oxygen atoms in total. The summed E-state index contributed by atoms with van der Waals surface area (Å²) in [6, 6.07) is 7.51. The topological polar surface area (TPSA) is 55.8 Å². The Labute approximate surface area is 136 Å². The number of hydrogen-bond acceptors (Lipinski definition) is 4. The van der Waals surface area contributed by atoms with E-state index < -0.39 is 0 Å². The molecular weight excluding hydrogens is 294 g/mol. The largest absolute Gasteiger partial charge is 0.496 e. The van der Waals surface area contributed by atoms with E-state index in [4.69, 9.17) is 9.47 Å². The highest BCUT2D eigenvalue weighted by atomic mass is 16.5. The van der Waals surface area contributed by atoms with Gasteiger partial charge in [0.2, 0.25) is 5.91 Å². The first-order valence-corrected chi connectivity index (χ1v) is 7.92. The molecule has 1 aromatic carbocycles. The molecule has 23 heavy (non-hydrogen) atoms. The van der Waals surface area contributed by atoms with Gasteiger partial charge in [-0.25, -0.2) is 0 Å². The van der Waals surface area contributed by atoms with Crippen LogP contribution in [-0.4, -0.2) is 43.6 Å². The maximum absolute atomic E-state index is 12.3. The van der Waals surface area contributed by atoms with Crippen LogP contribution in [0.15, 0.2) is 30.3 Å². The lowest BCUT2D eigenvalue weighted by molar-refractivity contribution is -0.150. The molecule has 5 heteroatoms. The normalized spacial score (nSPS) is 18.0. The van der Waals surface area contributed by atoms with E-state index in [1.165, 1.54) is 6.08 Å². The average molecular weight is 317 g/mol. The highest BCUT2D eigenvalue weighted by Crippen LogP contribution is 2.20. The van der Waals surface area contributed by atoms with Crippen LogP contribution in [-0.2, 0) is 14.3 Å². The van der Waals surface area contributed by atoms with Crippen molar-refractivity contribution in [3.05, 3.63) is 35.9 Å². The molecule has 0 N–H and O–H groups in total. The summed E-state index contributed by atoms with van der Waals surface area (Å²) in [6.45, 7) is 3.26. The Morgan fingerprint density at radius 3 is 2.87 bits per heavy atom. The van der Waals surface area contributed by atoms with Gasteiger partial charge in [0.1, 0.15) is 5.75 Å². The standard InChI is InChI=1S/C18H23NO4/c1-3-23-18(21)15-8-6-12-19(13-15)17(20)11-10-14-7-4-5-9-16(14)22-2/h4-5,7,9-11,15H,3,6,8,12-13H2,1-2H3. The minimum absolute atomic E-state index is 0.0927. The number of carbonyl (C=O) groups is 2. The number of hydrogen-bond donors (Lipinski definition) is 0. The molecule has 1 fully saturated rings. The summed E-state index contributed by atoms with van der Waals surface area (Å²) in [4.78, 5) is 25.9. The quantitative estimate of drug-likeness (QED) is 0.618. The first-order chi connectivity index (χ1) is 11.2. The number of para-hydroxylation sites is 1. The second kappa shape index (κ2) is 8.36. The van der Waals surface area contributed by atoms with Gasteiger partial charge in [-0.1, -0.05) is 18.2 Å². The number of esters is 1. The zero-order chi connectivity index (χ0) is 16.7. The highest BCUT2D eigenvalue weighted by molar-refractivity contribution is 5.92. The Hall–Kier alpha value is -2.30. The van der Waals surface area contributed by atoms with E-state index in [0.29, 0.717) is 19.7 Å². The minimum atomic E-state index is -0.215. The van der Waals surface area contributed by atoms with Crippen LogP contribution in [0.5, 0.6) is 5.75 Å². The number of benzene rings is 1. The van der Waals surface area contributed by atoms with Crippen LogP contribution in [0.1, 0.15) is 25.3 Å². The van der Waals surface area contributed by atoms with Crippen molar-refractivity contribution in [1.29, 1.82) is 0 Å². The lowest BCUT2D eigenvalue weighted by atomic mass is 9.98. The van der Waals surface area contributed by atoms with Crippen molar-refractivity contribution in [2.45, 2.75) is 19.8 Å². The van der Waals surface area contributed by atoms with E-state index in [2.05, 4.69) is 0 Å². The molecule has 1 atom stereocenters. The summed E-state index contributed by atoms with van der Waals surface area (Å²) in [5, 5.41) is 0. The van der Waals surface area contributed by atoms with Gasteiger partial charge >= 0.3 is 5.97 Å². The molecule has 0 saturated carbocycles. The van der Waals surface area contributed by atoms with E-state index in [0.717, 1.165) is 24.2 Å². The zero-order valence-electron chi connectivity index (χ0n) is 13.7. The number of methoxy groups -OCH3 is 1. The Balaban J connectivity index is 1.99. The van der Waals surface area contributed by atoms with Gasteiger partial charge in [0.25, 0.3) is 0 Å². The van der Waals surface area contributed by atoms with E-state index in [1.54, 1.807) is 25.0 Å². The summed E-state index contributed by atoms with van der Waals surface area (Å²) in [5.41, 5.74) is 0.849. The summed E-state index contributed by atoms with van der Waals surface area (Å²) in [7, 11) is 1.60. The number of ether oxygens (including phenoxy) is 2. The fraction of sp³-hybridized carbons (Fsp3) is 0.444. The van der Waals surface area contributed by atoms with Gasteiger partial charge in [0.15, 0.2) is 0 Å². The molecule has 124 valence electrons. The van der Waals surface area contributed by atoms with Crippen LogP contribution < -0.4 is 4.74 Å². The number of likely N-dealkylation sites (tertiary alicyclic amines) is 1. The third-order valence-corrected chi connectivity index (χ3v) is 3.90. The Bertz CT molecular complexity index is 582. The Morgan fingerprint density at radius 2 is 2.13 bits per heavy atom. The lowest BCUT2D eigenvalue weighted by Gasteiger charge is -2.30. The van der Waals surface area contributed by atoms with Crippen molar-refractivity contribution in [3.63, 3.8) is 0 Å². The maximum Gasteiger partial charge on any atom is 0.310 e. The van der Waals surface area contributed by atoms with Gasteiger partial charge < -0.3 is 14.4 Å². The van der Waals surface area contributed by atoms with E-state index in [9.17, 15) is 9.59 Å². The molecule has 1 aliphatic heterocycles. The molecule has 1 aliphatic rings. The van der Waals surface area contributed by atoms with Crippen molar-refractivity contribution in [1.82, 2.24) is 4.90 Å². The molecule has 0 radical (unpaired) electrons. The molecular formula is C18H23NO4. The number of carbonyl (C=O) groups excluding carboxylic acids is 2. The van der Waals surface area contributed by atoms with Gasteiger partial charge in [-0.05, 0) is 31.9 Å². The van der Waals surface area contributed by atoms with Crippen molar-refractivity contribution >= 4 is 18.0 Å². The number of piperidine rings is 1. The van der Waals surface area contributed by atoms with Gasteiger partial charge in [-0.15, -0.1) is 0 Å². The van der Waals surface area contributed by atoms with Gasteiger partial charge in [0.05, 0.1) is 19.6 Å². The summed E-state index contributed by atoms with van der Waals surface area (Å²) < 4.78 is 10.3. The molecule has 2 rings (SSSR count). The van der Waals surface area contributed by atoms with Crippen molar-refractivity contribution < 1.29 is 19.1 Å². The molecule has 0 aliphatic carbocycles. The molecule has 1 aromatic rings. The van der Waals surface area contributed by atoms with E-state index in [1.807, 2.05) is 24.3 Å². The van der Waals surface area contributed by atoms with E-state index >= 15 is 0 Å². The van der Waals surface area contributed by atoms with Crippen molar-refractivity contribution in [3.8, 4) is 5.75 Å². The van der Waals surface area contributed by atoms with Gasteiger partial charge in [0, 0.05) is 24.7 Å². The van der Waals surface area contributed by atoms with Crippen molar-refractivity contribution in [2.75, 3.05) is 26.8 Å². The second-order valence-electron chi connectivity index (χ2n) is 5.45. The Morgan fingerprint density at radius 1 is 1.35 bits per heavy atom. The molecule has 0 bridgehead atoms. The number of amides is 1. The highest BCUT2D eigenvalue weighted by Gasteiger charge is 2.28. The third-order valence-electron chi connectivity index (χ3n) is 3.90. The molecule has 1 unspecified atom stereocenters. The summed E-state index contributed by atoms with van der Waals surface area (Å²) >= 11 is 0. The van der Waals surface area contributed by atoms with Crippen LogP contribution in [0.3, 0.4) is 0 Å². The fourth-order valence-corrected chi connectivity index (χ4v) is 2.70. The maximum atomic E-state index is 12.3.